The van der Waals surface area contributed by atoms with Gasteiger partial charge in [0, 0.05) is 11.4 Å². The summed E-state index contributed by atoms with van der Waals surface area (Å²) in [5.74, 6) is 0. The number of hydrogen-bond donors (Lipinski definition) is 0. The molecule has 1 nitrogen and oxygen atoms in total. The minimum Gasteiger partial charge on any atom is -0.303 e. The lowest BCUT2D eigenvalue weighted by atomic mass is 10.1. The lowest BCUT2D eigenvalue weighted by Crippen LogP contribution is -1.79. The lowest BCUT2D eigenvalue weighted by molar-refractivity contribution is -0.107. The predicted octanol–water partition coefficient (Wildman–Crippen LogP) is 3.03. The van der Waals surface area contributed by atoms with E-state index in [9.17, 15) is 4.79 Å². The first-order chi connectivity index (χ1) is 6.33. The van der Waals surface area contributed by atoms with E-state index in [4.69, 9.17) is 11.6 Å². The highest BCUT2D eigenvalue weighted by molar-refractivity contribution is 6.30. The second-order valence-electron chi connectivity index (χ2n) is 2.71. The van der Waals surface area contributed by atoms with E-state index in [1.54, 1.807) is 0 Å². The molecular formula is C11H11ClO. The van der Waals surface area contributed by atoms with Crippen LogP contribution in [0.15, 0.2) is 36.4 Å². The smallest absolute Gasteiger partial charge is 0.123 e. The first-order valence-corrected chi connectivity index (χ1v) is 4.54. The molecule has 0 N–H and O–H groups in total. The van der Waals surface area contributed by atoms with Crippen LogP contribution in [0.3, 0.4) is 0 Å². The SMILES string of the molecule is O=CC/C=C\Cc1cccc(Cl)c1. The Morgan fingerprint density at radius 1 is 1.31 bits per heavy atom. The molecule has 0 atom stereocenters. The largest absolute Gasteiger partial charge is 0.303 e. The van der Waals surface area contributed by atoms with Gasteiger partial charge in [0.25, 0.3) is 0 Å². The Kier molecular flexibility index (Phi) is 4.27. The van der Waals surface area contributed by atoms with E-state index in [0.29, 0.717) is 6.42 Å². The molecule has 0 aliphatic carbocycles. The van der Waals surface area contributed by atoms with Crippen molar-refractivity contribution in [3.8, 4) is 0 Å². The quantitative estimate of drug-likeness (QED) is 0.532. The number of carbonyl (C=O) groups is 1. The third-order valence-corrected chi connectivity index (χ3v) is 1.88. The molecule has 0 aromatic heterocycles. The van der Waals surface area contributed by atoms with Crippen LogP contribution in [0.1, 0.15) is 12.0 Å². The van der Waals surface area contributed by atoms with Crippen LogP contribution in [0.25, 0.3) is 0 Å². The van der Waals surface area contributed by atoms with Gasteiger partial charge >= 0.3 is 0 Å². The van der Waals surface area contributed by atoms with Crippen molar-refractivity contribution in [1.82, 2.24) is 0 Å². The molecule has 0 heterocycles. The minimum absolute atomic E-state index is 0.487. The number of rotatable bonds is 4. The van der Waals surface area contributed by atoms with Crippen LogP contribution in [0, 0.1) is 0 Å². The summed E-state index contributed by atoms with van der Waals surface area (Å²) in [4.78, 5) is 10.00. The molecule has 68 valence electrons. The van der Waals surface area contributed by atoms with Gasteiger partial charge in [0.1, 0.15) is 6.29 Å². The number of carbonyl (C=O) groups excluding carboxylic acids is 1. The second-order valence-corrected chi connectivity index (χ2v) is 3.14. The van der Waals surface area contributed by atoms with Crippen LogP contribution >= 0.6 is 11.6 Å². The minimum atomic E-state index is 0.487. The van der Waals surface area contributed by atoms with Crippen molar-refractivity contribution in [2.75, 3.05) is 0 Å². The average Bonchev–Trinajstić information content (AvgIpc) is 2.13. The molecular weight excluding hydrogens is 184 g/mol. The summed E-state index contributed by atoms with van der Waals surface area (Å²) in [6.45, 7) is 0. The number of hydrogen-bond acceptors (Lipinski definition) is 1. The molecule has 2 heteroatoms. The highest BCUT2D eigenvalue weighted by atomic mass is 35.5. The maximum Gasteiger partial charge on any atom is 0.123 e. The van der Waals surface area contributed by atoms with Crippen LogP contribution in [-0.4, -0.2) is 6.29 Å². The van der Waals surface area contributed by atoms with Crippen molar-refractivity contribution in [3.63, 3.8) is 0 Å². The van der Waals surface area contributed by atoms with E-state index < -0.39 is 0 Å². The van der Waals surface area contributed by atoms with Gasteiger partial charge in [-0.1, -0.05) is 35.9 Å². The van der Waals surface area contributed by atoms with Gasteiger partial charge in [-0.05, 0) is 24.1 Å². The number of allylic oxidation sites excluding steroid dienone is 2. The average molecular weight is 195 g/mol. The summed E-state index contributed by atoms with van der Waals surface area (Å²) in [5, 5.41) is 0.751. The zero-order chi connectivity index (χ0) is 9.52. The van der Waals surface area contributed by atoms with Crippen molar-refractivity contribution in [2.24, 2.45) is 0 Å². The molecule has 1 aromatic rings. The van der Waals surface area contributed by atoms with Crippen LogP contribution in [0.5, 0.6) is 0 Å². The second kappa shape index (κ2) is 5.55. The third-order valence-electron chi connectivity index (χ3n) is 1.64. The summed E-state index contributed by atoms with van der Waals surface area (Å²) < 4.78 is 0. The van der Waals surface area contributed by atoms with E-state index in [-0.39, 0.29) is 0 Å². The fourth-order valence-corrected chi connectivity index (χ4v) is 1.25. The van der Waals surface area contributed by atoms with Gasteiger partial charge in [0.15, 0.2) is 0 Å². The van der Waals surface area contributed by atoms with E-state index in [1.165, 1.54) is 0 Å². The summed E-state index contributed by atoms with van der Waals surface area (Å²) in [7, 11) is 0. The summed E-state index contributed by atoms with van der Waals surface area (Å²) in [6, 6.07) is 7.70. The van der Waals surface area contributed by atoms with Gasteiger partial charge in [-0.25, -0.2) is 0 Å². The van der Waals surface area contributed by atoms with Gasteiger partial charge < -0.3 is 4.79 Å². The molecule has 0 radical (unpaired) electrons. The Balaban J connectivity index is 2.49. The fourth-order valence-electron chi connectivity index (χ4n) is 1.04. The van der Waals surface area contributed by atoms with E-state index in [0.717, 1.165) is 23.3 Å². The van der Waals surface area contributed by atoms with Gasteiger partial charge in [-0.15, -0.1) is 0 Å². The van der Waals surface area contributed by atoms with Crippen molar-refractivity contribution in [3.05, 3.63) is 47.0 Å². The van der Waals surface area contributed by atoms with E-state index >= 15 is 0 Å². The molecule has 0 aliphatic rings. The molecule has 0 saturated carbocycles. The monoisotopic (exact) mass is 194 g/mol. The Bertz CT molecular complexity index is 305. The van der Waals surface area contributed by atoms with Crippen molar-refractivity contribution >= 4 is 17.9 Å². The molecule has 0 unspecified atom stereocenters. The maximum atomic E-state index is 10.00. The standard InChI is InChI=1S/C11H11ClO/c12-11-7-4-6-10(9-11)5-2-1-3-8-13/h1-2,4,6-9H,3,5H2/b2-1-. The summed E-state index contributed by atoms with van der Waals surface area (Å²) in [5.41, 5.74) is 1.16. The highest BCUT2D eigenvalue weighted by Crippen LogP contribution is 2.11. The lowest BCUT2D eigenvalue weighted by Gasteiger charge is -1.95. The first kappa shape index (κ1) is 10.0. The van der Waals surface area contributed by atoms with Gasteiger partial charge in [-0.3, -0.25) is 0 Å². The molecule has 0 bridgehead atoms. The molecule has 13 heavy (non-hydrogen) atoms. The highest BCUT2D eigenvalue weighted by Gasteiger charge is 1.90. The Labute approximate surface area is 83.0 Å². The molecule has 0 spiro atoms. The Hall–Kier alpha value is -1.08. The van der Waals surface area contributed by atoms with Crippen molar-refractivity contribution in [1.29, 1.82) is 0 Å². The normalized spacial score (nSPS) is 10.5. The Morgan fingerprint density at radius 2 is 2.15 bits per heavy atom. The van der Waals surface area contributed by atoms with Gasteiger partial charge in [0.05, 0.1) is 0 Å². The molecule has 0 fully saturated rings. The molecule has 1 rings (SSSR count). The molecule has 0 aliphatic heterocycles. The molecule has 1 aromatic carbocycles. The zero-order valence-corrected chi connectivity index (χ0v) is 8.00. The summed E-state index contributed by atoms with van der Waals surface area (Å²) in [6.07, 6.45) is 6.03. The zero-order valence-electron chi connectivity index (χ0n) is 7.24. The topological polar surface area (TPSA) is 17.1 Å². The molecule has 0 amide bonds. The number of aldehydes is 1. The third kappa shape index (κ3) is 3.90. The van der Waals surface area contributed by atoms with Crippen LogP contribution in [0.4, 0.5) is 0 Å². The van der Waals surface area contributed by atoms with Crippen LogP contribution in [0.2, 0.25) is 5.02 Å². The first-order valence-electron chi connectivity index (χ1n) is 4.16. The van der Waals surface area contributed by atoms with Crippen LogP contribution < -0.4 is 0 Å². The van der Waals surface area contributed by atoms with Crippen LogP contribution in [-0.2, 0) is 11.2 Å². The fraction of sp³-hybridized carbons (Fsp3) is 0.182. The van der Waals surface area contributed by atoms with E-state index in [2.05, 4.69) is 0 Å². The molecule has 0 saturated heterocycles. The van der Waals surface area contributed by atoms with Gasteiger partial charge in [0.2, 0.25) is 0 Å². The van der Waals surface area contributed by atoms with Crippen molar-refractivity contribution < 1.29 is 4.79 Å². The maximum absolute atomic E-state index is 10.00. The van der Waals surface area contributed by atoms with Crippen molar-refractivity contribution in [2.45, 2.75) is 12.8 Å². The van der Waals surface area contributed by atoms with Gasteiger partial charge in [-0.2, -0.15) is 0 Å². The number of benzene rings is 1. The number of halogens is 1. The summed E-state index contributed by atoms with van der Waals surface area (Å²) >= 11 is 5.80. The van der Waals surface area contributed by atoms with E-state index in [1.807, 2.05) is 36.4 Å². The predicted molar refractivity (Wildman–Crippen MR) is 55.0 cm³/mol. The Morgan fingerprint density at radius 3 is 2.85 bits per heavy atom.